The molecule has 2 aromatic rings. The van der Waals surface area contributed by atoms with Gasteiger partial charge in [0.25, 0.3) is 11.6 Å². The third kappa shape index (κ3) is 2.76. The lowest BCUT2D eigenvalue weighted by Crippen LogP contribution is -2.16. The molecule has 0 spiro atoms. The third-order valence-electron chi connectivity index (χ3n) is 3.24. The van der Waals surface area contributed by atoms with Crippen LogP contribution in [0, 0.1) is 10.1 Å². The molecule has 0 fully saturated rings. The minimum Gasteiger partial charge on any atom is -0.366 e. The molecular weight excluding hydrogens is 272 g/mol. The maximum atomic E-state index is 11.6. The number of hydrogen-bond donors (Lipinski definition) is 1. The highest BCUT2D eigenvalue weighted by Gasteiger charge is 2.18. The zero-order valence-corrected chi connectivity index (χ0v) is 11.9. The molecule has 0 saturated heterocycles. The van der Waals surface area contributed by atoms with Crippen LogP contribution in [-0.2, 0) is 12.8 Å². The number of aryl methyl sites for hydroxylation is 2. The van der Waals surface area contributed by atoms with Crippen LogP contribution in [0.25, 0.3) is 5.69 Å². The molecular formula is C14H16N4O3. The summed E-state index contributed by atoms with van der Waals surface area (Å²) in [4.78, 5) is 21.9. The van der Waals surface area contributed by atoms with E-state index >= 15 is 0 Å². The molecule has 0 atom stereocenters. The second kappa shape index (κ2) is 5.74. The molecule has 7 heteroatoms. The van der Waals surface area contributed by atoms with Crippen LogP contribution in [0.4, 0.5) is 5.69 Å². The smallest absolute Gasteiger partial charge is 0.270 e. The van der Waals surface area contributed by atoms with E-state index in [0.29, 0.717) is 5.69 Å². The summed E-state index contributed by atoms with van der Waals surface area (Å²) in [6, 6.07) is 5.98. The number of aromatic nitrogens is 2. The average Bonchev–Trinajstić information content (AvgIpc) is 2.89. The second-order valence-electron chi connectivity index (χ2n) is 4.57. The van der Waals surface area contributed by atoms with Gasteiger partial charge in [0.15, 0.2) is 0 Å². The van der Waals surface area contributed by atoms with Crippen molar-refractivity contribution in [2.75, 3.05) is 0 Å². The summed E-state index contributed by atoms with van der Waals surface area (Å²) in [5.74, 6) is -0.718. The van der Waals surface area contributed by atoms with Crippen molar-refractivity contribution < 1.29 is 9.72 Å². The van der Waals surface area contributed by atoms with Gasteiger partial charge in [-0.1, -0.05) is 13.8 Å². The Hall–Kier alpha value is -2.70. The van der Waals surface area contributed by atoms with Crippen molar-refractivity contribution in [2.24, 2.45) is 5.73 Å². The van der Waals surface area contributed by atoms with Crippen molar-refractivity contribution in [3.8, 4) is 5.69 Å². The molecule has 0 aliphatic heterocycles. The fourth-order valence-electron chi connectivity index (χ4n) is 2.13. The predicted molar refractivity (Wildman–Crippen MR) is 77.5 cm³/mol. The molecule has 0 bridgehead atoms. The Labute approximate surface area is 121 Å². The summed E-state index contributed by atoms with van der Waals surface area (Å²) in [7, 11) is 0. The Balaban J connectivity index is 2.65. The molecule has 2 N–H and O–H groups in total. The Morgan fingerprint density at radius 2 is 2.05 bits per heavy atom. The van der Waals surface area contributed by atoms with Gasteiger partial charge >= 0.3 is 0 Å². The summed E-state index contributed by atoms with van der Waals surface area (Å²) >= 11 is 0. The average molecular weight is 288 g/mol. The lowest BCUT2D eigenvalue weighted by Gasteiger charge is -2.09. The quantitative estimate of drug-likeness (QED) is 0.671. The first kappa shape index (κ1) is 14.7. The summed E-state index contributed by atoms with van der Waals surface area (Å²) in [5.41, 5.74) is 7.54. The number of non-ortho nitro benzene ring substituents is 1. The van der Waals surface area contributed by atoms with Crippen molar-refractivity contribution in [1.29, 1.82) is 0 Å². The number of carbonyl (C=O) groups is 1. The van der Waals surface area contributed by atoms with Gasteiger partial charge in [0, 0.05) is 17.8 Å². The Morgan fingerprint density at radius 1 is 1.33 bits per heavy atom. The van der Waals surface area contributed by atoms with E-state index in [0.717, 1.165) is 24.2 Å². The number of primary amides is 1. The summed E-state index contributed by atoms with van der Waals surface area (Å²) < 4.78 is 1.63. The molecule has 1 aromatic carbocycles. The van der Waals surface area contributed by atoms with Crippen molar-refractivity contribution in [2.45, 2.75) is 26.7 Å². The maximum Gasteiger partial charge on any atom is 0.270 e. The first-order chi connectivity index (χ1) is 9.97. The van der Waals surface area contributed by atoms with Crippen LogP contribution in [0.5, 0.6) is 0 Å². The number of nitrogens with zero attached hydrogens (tertiary/aromatic N) is 3. The third-order valence-corrected chi connectivity index (χ3v) is 3.24. The van der Waals surface area contributed by atoms with Gasteiger partial charge in [-0.05, 0) is 25.0 Å². The molecule has 1 aromatic heterocycles. The van der Waals surface area contributed by atoms with Crippen LogP contribution in [-0.4, -0.2) is 20.6 Å². The first-order valence-electron chi connectivity index (χ1n) is 6.64. The lowest BCUT2D eigenvalue weighted by atomic mass is 10.1. The molecule has 0 aliphatic rings. The van der Waals surface area contributed by atoms with Crippen LogP contribution in [0.15, 0.2) is 24.3 Å². The number of nitro groups is 1. The molecule has 0 aliphatic carbocycles. The highest BCUT2D eigenvalue weighted by Crippen LogP contribution is 2.23. The standard InChI is InChI=1S/C14H16N4O3/c1-3-9-7-10(4-2)17(16-9)13-6-5-11(18(20)21)8-12(13)14(15)19/h5-8H,3-4H2,1-2H3,(H2,15,19). The Bertz CT molecular complexity index is 706. The zero-order chi connectivity index (χ0) is 15.6. The molecule has 0 radical (unpaired) electrons. The van der Waals surface area contributed by atoms with E-state index < -0.39 is 10.8 Å². The first-order valence-corrected chi connectivity index (χ1v) is 6.64. The highest BCUT2D eigenvalue weighted by atomic mass is 16.6. The number of benzene rings is 1. The Morgan fingerprint density at radius 3 is 2.57 bits per heavy atom. The lowest BCUT2D eigenvalue weighted by molar-refractivity contribution is -0.384. The highest BCUT2D eigenvalue weighted by molar-refractivity contribution is 5.97. The SMILES string of the molecule is CCc1cc(CC)n(-c2ccc([N+](=O)[O-])cc2C(N)=O)n1. The number of carbonyl (C=O) groups excluding carboxylic acids is 1. The van der Waals surface area contributed by atoms with E-state index in [1.807, 2.05) is 19.9 Å². The van der Waals surface area contributed by atoms with Crippen molar-refractivity contribution in [1.82, 2.24) is 9.78 Å². The van der Waals surface area contributed by atoms with Gasteiger partial charge < -0.3 is 5.73 Å². The van der Waals surface area contributed by atoms with Crippen molar-refractivity contribution >= 4 is 11.6 Å². The number of rotatable bonds is 5. The normalized spacial score (nSPS) is 10.6. The van der Waals surface area contributed by atoms with E-state index in [-0.39, 0.29) is 11.3 Å². The maximum absolute atomic E-state index is 11.6. The second-order valence-corrected chi connectivity index (χ2v) is 4.57. The van der Waals surface area contributed by atoms with Crippen LogP contribution in [0.2, 0.25) is 0 Å². The minimum absolute atomic E-state index is 0.0876. The summed E-state index contributed by atoms with van der Waals surface area (Å²) in [6.07, 6.45) is 1.49. The van der Waals surface area contributed by atoms with Gasteiger partial charge in [0.1, 0.15) is 0 Å². The minimum atomic E-state index is -0.718. The number of nitro benzene ring substituents is 1. The van der Waals surface area contributed by atoms with Crippen LogP contribution >= 0.6 is 0 Å². The number of nitrogens with two attached hydrogens (primary N) is 1. The van der Waals surface area contributed by atoms with Crippen LogP contribution in [0.1, 0.15) is 35.6 Å². The molecule has 110 valence electrons. The zero-order valence-electron chi connectivity index (χ0n) is 11.9. The molecule has 0 saturated carbocycles. The molecule has 21 heavy (non-hydrogen) atoms. The molecule has 1 heterocycles. The van der Waals surface area contributed by atoms with Gasteiger partial charge in [-0.25, -0.2) is 4.68 Å². The van der Waals surface area contributed by atoms with E-state index in [2.05, 4.69) is 5.10 Å². The number of amides is 1. The van der Waals surface area contributed by atoms with E-state index in [1.54, 1.807) is 4.68 Å². The van der Waals surface area contributed by atoms with E-state index in [4.69, 9.17) is 5.73 Å². The van der Waals surface area contributed by atoms with Gasteiger partial charge in [-0.2, -0.15) is 5.10 Å². The van der Waals surface area contributed by atoms with Gasteiger partial charge in [-0.3, -0.25) is 14.9 Å². The molecule has 2 rings (SSSR count). The molecule has 1 amide bonds. The topological polar surface area (TPSA) is 104 Å². The van der Waals surface area contributed by atoms with Crippen molar-refractivity contribution in [3.63, 3.8) is 0 Å². The van der Waals surface area contributed by atoms with Crippen molar-refractivity contribution in [3.05, 3.63) is 51.3 Å². The summed E-state index contributed by atoms with van der Waals surface area (Å²) in [5, 5.41) is 15.3. The van der Waals surface area contributed by atoms with Crippen LogP contribution in [0.3, 0.4) is 0 Å². The fraction of sp³-hybridized carbons (Fsp3) is 0.286. The van der Waals surface area contributed by atoms with Gasteiger partial charge in [-0.15, -0.1) is 0 Å². The monoisotopic (exact) mass is 288 g/mol. The predicted octanol–water partition coefficient (Wildman–Crippen LogP) is 2.00. The fourth-order valence-corrected chi connectivity index (χ4v) is 2.13. The van der Waals surface area contributed by atoms with E-state index in [9.17, 15) is 14.9 Å². The Kier molecular flexibility index (Phi) is 4.02. The van der Waals surface area contributed by atoms with Gasteiger partial charge in [0.05, 0.1) is 21.9 Å². The number of hydrogen-bond acceptors (Lipinski definition) is 4. The molecule has 7 nitrogen and oxygen atoms in total. The largest absolute Gasteiger partial charge is 0.366 e. The van der Waals surface area contributed by atoms with Gasteiger partial charge in [0.2, 0.25) is 0 Å². The summed E-state index contributed by atoms with van der Waals surface area (Å²) in [6.45, 7) is 3.96. The van der Waals surface area contributed by atoms with Crippen LogP contribution < -0.4 is 5.73 Å². The molecule has 0 unspecified atom stereocenters. The van der Waals surface area contributed by atoms with E-state index in [1.165, 1.54) is 18.2 Å².